The summed E-state index contributed by atoms with van der Waals surface area (Å²) in [6.07, 6.45) is 1.11. The van der Waals surface area contributed by atoms with Crippen LogP contribution in [0.25, 0.3) is 0 Å². The van der Waals surface area contributed by atoms with Crippen molar-refractivity contribution in [1.82, 2.24) is 0 Å². The molecule has 0 amide bonds. The van der Waals surface area contributed by atoms with Crippen LogP contribution in [-0.4, -0.2) is 27.4 Å². The molecule has 17 heavy (non-hydrogen) atoms. The molecule has 4 heteroatoms. The SMILES string of the molecule is COc1ccc(C2OCCC2CN)cc1OC. The Morgan fingerprint density at radius 2 is 2.06 bits per heavy atom. The molecule has 0 bridgehead atoms. The molecule has 1 aliphatic rings. The Kier molecular flexibility index (Phi) is 3.86. The lowest BCUT2D eigenvalue weighted by molar-refractivity contribution is 0.0922. The van der Waals surface area contributed by atoms with Gasteiger partial charge in [0.05, 0.1) is 20.3 Å². The number of nitrogens with two attached hydrogens (primary N) is 1. The average Bonchev–Trinajstić information content (AvgIpc) is 2.86. The predicted molar refractivity (Wildman–Crippen MR) is 65.4 cm³/mol. The summed E-state index contributed by atoms with van der Waals surface area (Å²) in [5.41, 5.74) is 6.86. The van der Waals surface area contributed by atoms with Crippen LogP contribution in [0.5, 0.6) is 11.5 Å². The van der Waals surface area contributed by atoms with Gasteiger partial charge in [0.15, 0.2) is 11.5 Å². The van der Waals surface area contributed by atoms with E-state index in [0.717, 1.165) is 30.1 Å². The highest BCUT2D eigenvalue weighted by Crippen LogP contribution is 2.37. The van der Waals surface area contributed by atoms with E-state index in [4.69, 9.17) is 19.9 Å². The van der Waals surface area contributed by atoms with Crippen LogP contribution in [0.4, 0.5) is 0 Å². The van der Waals surface area contributed by atoms with Gasteiger partial charge in [0.1, 0.15) is 0 Å². The summed E-state index contributed by atoms with van der Waals surface area (Å²) in [5, 5.41) is 0. The van der Waals surface area contributed by atoms with E-state index in [9.17, 15) is 0 Å². The van der Waals surface area contributed by atoms with Gasteiger partial charge in [-0.1, -0.05) is 6.07 Å². The minimum absolute atomic E-state index is 0.0832. The van der Waals surface area contributed by atoms with E-state index in [1.165, 1.54) is 0 Å². The quantitative estimate of drug-likeness (QED) is 0.866. The Balaban J connectivity index is 2.26. The van der Waals surface area contributed by atoms with Crippen LogP contribution in [0.3, 0.4) is 0 Å². The first-order chi connectivity index (χ1) is 8.30. The molecule has 1 aromatic rings. The van der Waals surface area contributed by atoms with Crippen molar-refractivity contribution in [3.63, 3.8) is 0 Å². The highest BCUT2D eigenvalue weighted by atomic mass is 16.5. The monoisotopic (exact) mass is 237 g/mol. The molecule has 0 radical (unpaired) electrons. The summed E-state index contributed by atoms with van der Waals surface area (Å²) in [4.78, 5) is 0. The number of hydrogen-bond donors (Lipinski definition) is 1. The summed E-state index contributed by atoms with van der Waals surface area (Å²) >= 11 is 0. The Labute approximate surface area is 102 Å². The molecule has 0 saturated carbocycles. The Bertz CT molecular complexity index is 381. The predicted octanol–water partition coefficient (Wildman–Crippen LogP) is 1.74. The zero-order valence-electron chi connectivity index (χ0n) is 10.3. The lowest BCUT2D eigenvalue weighted by atomic mass is 9.95. The number of rotatable bonds is 4. The lowest BCUT2D eigenvalue weighted by Gasteiger charge is -2.18. The second-order valence-corrected chi connectivity index (χ2v) is 4.19. The van der Waals surface area contributed by atoms with Gasteiger partial charge < -0.3 is 19.9 Å². The molecule has 0 spiro atoms. The topological polar surface area (TPSA) is 53.7 Å². The Hall–Kier alpha value is -1.26. The van der Waals surface area contributed by atoms with Crippen LogP contribution in [0.1, 0.15) is 18.1 Å². The maximum absolute atomic E-state index is 5.75. The lowest BCUT2D eigenvalue weighted by Crippen LogP contribution is -2.17. The molecule has 2 N–H and O–H groups in total. The molecule has 1 aliphatic heterocycles. The molecular formula is C13H19NO3. The van der Waals surface area contributed by atoms with Gasteiger partial charge in [-0.15, -0.1) is 0 Å². The van der Waals surface area contributed by atoms with Crippen molar-refractivity contribution < 1.29 is 14.2 Å². The first kappa shape index (κ1) is 12.2. The van der Waals surface area contributed by atoms with Crippen molar-refractivity contribution in [3.05, 3.63) is 23.8 Å². The highest BCUT2D eigenvalue weighted by molar-refractivity contribution is 5.43. The average molecular weight is 237 g/mol. The Morgan fingerprint density at radius 3 is 2.71 bits per heavy atom. The van der Waals surface area contributed by atoms with Gasteiger partial charge in [-0.05, 0) is 30.7 Å². The molecule has 1 saturated heterocycles. The number of benzene rings is 1. The first-order valence-electron chi connectivity index (χ1n) is 5.83. The first-order valence-corrected chi connectivity index (χ1v) is 5.83. The van der Waals surface area contributed by atoms with E-state index < -0.39 is 0 Å². The van der Waals surface area contributed by atoms with Crippen molar-refractivity contribution in [1.29, 1.82) is 0 Å². The van der Waals surface area contributed by atoms with E-state index in [-0.39, 0.29) is 6.10 Å². The van der Waals surface area contributed by atoms with Gasteiger partial charge in [-0.25, -0.2) is 0 Å². The number of hydrogen-bond acceptors (Lipinski definition) is 4. The maximum atomic E-state index is 5.75. The Morgan fingerprint density at radius 1 is 1.29 bits per heavy atom. The van der Waals surface area contributed by atoms with Crippen molar-refractivity contribution >= 4 is 0 Å². The van der Waals surface area contributed by atoms with Crippen molar-refractivity contribution in [2.45, 2.75) is 12.5 Å². The summed E-state index contributed by atoms with van der Waals surface area (Å²) in [5.74, 6) is 1.86. The molecule has 94 valence electrons. The molecule has 1 fully saturated rings. The molecule has 1 heterocycles. The number of methoxy groups -OCH3 is 2. The third-order valence-corrected chi connectivity index (χ3v) is 3.25. The zero-order chi connectivity index (χ0) is 12.3. The molecule has 0 aliphatic carbocycles. The van der Waals surface area contributed by atoms with Crippen molar-refractivity contribution in [2.24, 2.45) is 11.7 Å². The molecule has 2 atom stereocenters. The second-order valence-electron chi connectivity index (χ2n) is 4.19. The smallest absolute Gasteiger partial charge is 0.161 e. The van der Waals surface area contributed by atoms with Crippen LogP contribution in [-0.2, 0) is 4.74 Å². The molecule has 2 rings (SSSR count). The van der Waals surface area contributed by atoms with Gasteiger partial charge in [-0.2, -0.15) is 0 Å². The van der Waals surface area contributed by atoms with Crippen LogP contribution < -0.4 is 15.2 Å². The minimum Gasteiger partial charge on any atom is -0.493 e. The fourth-order valence-corrected chi connectivity index (χ4v) is 2.27. The van der Waals surface area contributed by atoms with Gasteiger partial charge in [0.2, 0.25) is 0 Å². The minimum atomic E-state index is 0.0832. The van der Waals surface area contributed by atoms with Crippen LogP contribution in [0, 0.1) is 5.92 Å². The van der Waals surface area contributed by atoms with Crippen LogP contribution in [0.2, 0.25) is 0 Å². The van der Waals surface area contributed by atoms with Crippen LogP contribution in [0.15, 0.2) is 18.2 Å². The summed E-state index contributed by atoms with van der Waals surface area (Å²) in [6.45, 7) is 1.43. The summed E-state index contributed by atoms with van der Waals surface area (Å²) in [7, 11) is 3.27. The largest absolute Gasteiger partial charge is 0.493 e. The van der Waals surface area contributed by atoms with Crippen LogP contribution >= 0.6 is 0 Å². The van der Waals surface area contributed by atoms with E-state index >= 15 is 0 Å². The molecule has 0 aromatic heterocycles. The van der Waals surface area contributed by atoms with E-state index in [0.29, 0.717) is 12.5 Å². The van der Waals surface area contributed by atoms with E-state index in [1.54, 1.807) is 14.2 Å². The maximum Gasteiger partial charge on any atom is 0.161 e. The molecular weight excluding hydrogens is 218 g/mol. The zero-order valence-corrected chi connectivity index (χ0v) is 10.3. The van der Waals surface area contributed by atoms with Gasteiger partial charge in [-0.3, -0.25) is 0 Å². The number of ether oxygens (including phenoxy) is 3. The normalized spacial score (nSPS) is 23.7. The second kappa shape index (κ2) is 5.38. The third kappa shape index (κ3) is 2.37. The third-order valence-electron chi connectivity index (χ3n) is 3.25. The standard InChI is InChI=1S/C13H19NO3/c1-15-11-4-3-9(7-12(11)16-2)13-10(8-14)5-6-17-13/h3-4,7,10,13H,5-6,8,14H2,1-2H3. The summed E-state index contributed by atoms with van der Waals surface area (Å²) in [6, 6.07) is 5.89. The van der Waals surface area contributed by atoms with Crippen molar-refractivity contribution in [2.75, 3.05) is 27.4 Å². The van der Waals surface area contributed by atoms with E-state index in [2.05, 4.69) is 0 Å². The molecule has 1 aromatic carbocycles. The van der Waals surface area contributed by atoms with Gasteiger partial charge >= 0.3 is 0 Å². The fraction of sp³-hybridized carbons (Fsp3) is 0.538. The van der Waals surface area contributed by atoms with Crippen molar-refractivity contribution in [3.8, 4) is 11.5 Å². The van der Waals surface area contributed by atoms with Gasteiger partial charge in [0, 0.05) is 12.5 Å². The molecule has 4 nitrogen and oxygen atoms in total. The fourth-order valence-electron chi connectivity index (χ4n) is 2.27. The molecule has 2 unspecified atom stereocenters. The highest BCUT2D eigenvalue weighted by Gasteiger charge is 2.29. The van der Waals surface area contributed by atoms with Gasteiger partial charge in [0.25, 0.3) is 0 Å². The summed E-state index contributed by atoms with van der Waals surface area (Å²) < 4.78 is 16.2. The van der Waals surface area contributed by atoms with E-state index in [1.807, 2.05) is 18.2 Å².